The van der Waals surface area contributed by atoms with Crippen LogP contribution in [-0.2, 0) is 11.3 Å². The Labute approximate surface area is 138 Å². The molecule has 1 amide bonds. The molecule has 0 aliphatic heterocycles. The van der Waals surface area contributed by atoms with Gasteiger partial charge in [0.25, 0.3) is 5.91 Å². The molecular weight excluding hydrogens is 288 g/mol. The van der Waals surface area contributed by atoms with E-state index < -0.39 is 0 Å². The van der Waals surface area contributed by atoms with E-state index in [9.17, 15) is 4.79 Å². The van der Waals surface area contributed by atoms with Gasteiger partial charge in [-0.15, -0.1) is 0 Å². The number of rotatable bonds is 8. The Balaban J connectivity index is 1.65. The van der Waals surface area contributed by atoms with Crippen LogP contribution in [0, 0.1) is 6.92 Å². The van der Waals surface area contributed by atoms with Gasteiger partial charge in [-0.3, -0.25) is 4.79 Å². The molecule has 1 unspecified atom stereocenters. The first-order valence-electron chi connectivity index (χ1n) is 7.95. The van der Waals surface area contributed by atoms with Gasteiger partial charge in [0.2, 0.25) is 0 Å². The Hall–Kier alpha value is -2.33. The van der Waals surface area contributed by atoms with Crippen LogP contribution in [0.2, 0.25) is 0 Å². The summed E-state index contributed by atoms with van der Waals surface area (Å²) in [6.07, 6.45) is 0. The number of carbonyl (C=O) groups excluding carboxylic acids is 1. The molecule has 2 aromatic rings. The van der Waals surface area contributed by atoms with Gasteiger partial charge in [-0.1, -0.05) is 42.5 Å². The molecule has 4 nitrogen and oxygen atoms in total. The highest BCUT2D eigenvalue weighted by Gasteiger charge is 2.10. The molecule has 2 rings (SSSR count). The van der Waals surface area contributed by atoms with E-state index >= 15 is 0 Å². The zero-order valence-corrected chi connectivity index (χ0v) is 13.8. The van der Waals surface area contributed by atoms with Crippen molar-refractivity contribution in [2.45, 2.75) is 13.5 Å². The summed E-state index contributed by atoms with van der Waals surface area (Å²) in [7, 11) is 2.00. The van der Waals surface area contributed by atoms with Crippen LogP contribution in [0.5, 0.6) is 5.75 Å². The van der Waals surface area contributed by atoms with E-state index in [-0.39, 0.29) is 5.91 Å². The summed E-state index contributed by atoms with van der Waals surface area (Å²) in [4.78, 5) is 13.1. The number of hydrogen-bond donors (Lipinski definition) is 2. The zero-order chi connectivity index (χ0) is 16.5. The van der Waals surface area contributed by atoms with Crippen LogP contribution in [0.3, 0.4) is 0 Å². The van der Waals surface area contributed by atoms with Crippen LogP contribution in [0.4, 0.5) is 0 Å². The molecule has 0 aromatic heterocycles. The van der Waals surface area contributed by atoms with Gasteiger partial charge in [-0.2, -0.15) is 0 Å². The van der Waals surface area contributed by atoms with Crippen molar-refractivity contribution in [1.29, 1.82) is 0 Å². The lowest BCUT2D eigenvalue weighted by Gasteiger charge is -2.14. The minimum absolute atomic E-state index is 0.0606. The molecule has 0 aliphatic carbocycles. The topological polar surface area (TPSA) is 42.8 Å². The molecule has 2 N–H and O–H groups in total. The molecule has 0 fully saturated rings. The number of benzene rings is 2. The number of likely N-dealkylation sites (N-methyl/N-ethyl adjacent to an activating group) is 1. The van der Waals surface area contributed by atoms with Gasteiger partial charge >= 0.3 is 0 Å². The largest absolute Gasteiger partial charge is 0.488 e. The maximum atomic E-state index is 12.0. The number of quaternary nitrogens is 1. The van der Waals surface area contributed by atoms with Gasteiger partial charge in [0.15, 0.2) is 6.54 Å². The maximum Gasteiger partial charge on any atom is 0.275 e. The summed E-state index contributed by atoms with van der Waals surface area (Å²) in [5.41, 5.74) is 2.36. The molecule has 0 bridgehead atoms. The van der Waals surface area contributed by atoms with Crippen LogP contribution in [0.25, 0.3) is 0 Å². The van der Waals surface area contributed by atoms with Crippen molar-refractivity contribution >= 4 is 5.91 Å². The third kappa shape index (κ3) is 6.12. The third-order valence-electron chi connectivity index (χ3n) is 3.74. The molecule has 4 heteroatoms. The predicted octanol–water partition coefficient (Wildman–Crippen LogP) is 1.20. The summed E-state index contributed by atoms with van der Waals surface area (Å²) in [5.74, 6) is 0.926. The maximum absolute atomic E-state index is 12.0. The van der Waals surface area contributed by atoms with Crippen molar-refractivity contribution in [3.8, 4) is 5.75 Å². The molecular formula is C19H25N2O2+. The van der Waals surface area contributed by atoms with E-state index in [1.165, 1.54) is 5.56 Å². The van der Waals surface area contributed by atoms with E-state index in [0.717, 1.165) is 22.8 Å². The van der Waals surface area contributed by atoms with Crippen LogP contribution < -0.4 is 15.0 Å². The van der Waals surface area contributed by atoms with Crippen molar-refractivity contribution < 1.29 is 14.4 Å². The van der Waals surface area contributed by atoms with Crippen LogP contribution in [0.1, 0.15) is 11.1 Å². The highest BCUT2D eigenvalue weighted by molar-refractivity contribution is 5.76. The van der Waals surface area contributed by atoms with Crippen molar-refractivity contribution in [3.05, 3.63) is 65.7 Å². The second-order valence-electron chi connectivity index (χ2n) is 5.75. The van der Waals surface area contributed by atoms with Crippen molar-refractivity contribution in [1.82, 2.24) is 5.32 Å². The molecule has 0 radical (unpaired) electrons. The summed E-state index contributed by atoms with van der Waals surface area (Å²) in [6, 6.07) is 17.8. The second-order valence-corrected chi connectivity index (χ2v) is 5.75. The average molecular weight is 313 g/mol. The van der Waals surface area contributed by atoms with Crippen LogP contribution >= 0.6 is 0 Å². The van der Waals surface area contributed by atoms with Gasteiger partial charge in [0.1, 0.15) is 18.9 Å². The smallest absolute Gasteiger partial charge is 0.275 e. The number of amides is 1. The van der Waals surface area contributed by atoms with E-state index in [1.54, 1.807) is 0 Å². The molecule has 0 aliphatic rings. The standard InChI is InChI=1S/C19H24N2O2/c1-16-8-6-7-9-17(16)14-20-19(22)15-21(2)12-13-23-18-10-4-3-5-11-18/h3-11H,12-15H2,1-2H3,(H,20,22)/p+1. The molecule has 0 heterocycles. The Bertz CT molecular complexity index is 614. The van der Waals surface area contributed by atoms with E-state index in [2.05, 4.69) is 18.3 Å². The minimum Gasteiger partial charge on any atom is -0.488 e. The number of aryl methyl sites for hydroxylation is 1. The van der Waals surface area contributed by atoms with Gasteiger partial charge < -0.3 is 15.0 Å². The molecule has 0 saturated heterocycles. The normalized spacial score (nSPS) is 11.7. The van der Waals surface area contributed by atoms with Crippen molar-refractivity contribution in [3.63, 3.8) is 0 Å². The molecule has 0 spiro atoms. The molecule has 2 aromatic carbocycles. The zero-order valence-electron chi connectivity index (χ0n) is 13.8. The fraction of sp³-hybridized carbons (Fsp3) is 0.316. The highest BCUT2D eigenvalue weighted by atomic mass is 16.5. The summed E-state index contributed by atoms with van der Waals surface area (Å²) < 4.78 is 5.65. The summed E-state index contributed by atoms with van der Waals surface area (Å²) in [6.45, 7) is 4.47. The monoisotopic (exact) mass is 313 g/mol. The fourth-order valence-electron chi connectivity index (χ4n) is 2.29. The Morgan fingerprint density at radius 1 is 1.09 bits per heavy atom. The summed E-state index contributed by atoms with van der Waals surface area (Å²) >= 11 is 0. The molecule has 122 valence electrons. The Morgan fingerprint density at radius 2 is 1.78 bits per heavy atom. The first-order valence-corrected chi connectivity index (χ1v) is 7.95. The van der Waals surface area contributed by atoms with Gasteiger partial charge in [0.05, 0.1) is 7.05 Å². The molecule has 0 saturated carbocycles. The van der Waals surface area contributed by atoms with Crippen molar-refractivity contribution in [2.24, 2.45) is 0 Å². The third-order valence-corrected chi connectivity index (χ3v) is 3.74. The lowest BCUT2D eigenvalue weighted by molar-refractivity contribution is -0.871. The summed E-state index contributed by atoms with van der Waals surface area (Å²) in [5, 5.41) is 2.98. The SMILES string of the molecule is Cc1ccccc1CNC(=O)C[NH+](C)CCOc1ccccc1. The van der Waals surface area contributed by atoms with Gasteiger partial charge in [-0.25, -0.2) is 0 Å². The fourth-order valence-corrected chi connectivity index (χ4v) is 2.29. The van der Waals surface area contributed by atoms with E-state index in [1.807, 2.05) is 55.6 Å². The first kappa shape index (κ1) is 17.0. The Kier molecular flexibility index (Phi) is 6.63. The van der Waals surface area contributed by atoms with Gasteiger partial charge in [-0.05, 0) is 30.2 Å². The van der Waals surface area contributed by atoms with Gasteiger partial charge in [0, 0.05) is 6.54 Å². The van der Waals surface area contributed by atoms with E-state index in [4.69, 9.17) is 4.74 Å². The highest BCUT2D eigenvalue weighted by Crippen LogP contribution is 2.07. The molecule has 23 heavy (non-hydrogen) atoms. The lowest BCUT2D eigenvalue weighted by Crippen LogP contribution is -3.10. The number of hydrogen-bond acceptors (Lipinski definition) is 2. The van der Waals surface area contributed by atoms with Crippen LogP contribution in [-0.4, -0.2) is 32.7 Å². The predicted molar refractivity (Wildman–Crippen MR) is 91.6 cm³/mol. The van der Waals surface area contributed by atoms with E-state index in [0.29, 0.717) is 19.7 Å². The van der Waals surface area contributed by atoms with Crippen LogP contribution in [0.15, 0.2) is 54.6 Å². The lowest BCUT2D eigenvalue weighted by atomic mass is 10.1. The first-order chi connectivity index (χ1) is 11.1. The number of ether oxygens (including phenoxy) is 1. The Morgan fingerprint density at radius 3 is 2.52 bits per heavy atom. The van der Waals surface area contributed by atoms with Crippen molar-refractivity contribution in [2.75, 3.05) is 26.7 Å². The number of carbonyl (C=O) groups is 1. The average Bonchev–Trinajstić information content (AvgIpc) is 2.55. The number of para-hydroxylation sites is 1. The number of nitrogens with one attached hydrogen (secondary N) is 2. The second kappa shape index (κ2) is 8.96. The molecule has 1 atom stereocenters. The quantitative estimate of drug-likeness (QED) is 0.769. The minimum atomic E-state index is 0.0606.